The van der Waals surface area contributed by atoms with Crippen molar-refractivity contribution in [3.8, 4) is 5.75 Å². The number of ketones is 1. The van der Waals surface area contributed by atoms with Gasteiger partial charge in [-0.25, -0.2) is 0 Å². The summed E-state index contributed by atoms with van der Waals surface area (Å²) in [5.41, 5.74) is 1.29. The fourth-order valence-electron chi connectivity index (χ4n) is 2.18. The molecular weight excluding hydrogens is 322 g/mol. The van der Waals surface area contributed by atoms with E-state index in [0.717, 1.165) is 5.56 Å². The number of rotatable bonds is 4. The summed E-state index contributed by atoms with van der Waals surface area (Å²) in [7, 11) is 1.57. The number of methoxy groups -OCH3 is 1. The zero-order valence-electron chi connectivity index (χ0n) is 13.0. The van der Waals surface area contributed by atoms with Gasteiger partial charge < -0.3 is 9.72 Å². The number of thiazole rings is 1. The molecule has 0 bridgehead atoms. The van der Waals surface area contributed by atoms with Gasteiger partial charge in [0.1, 0.15) is 5.75 Å². The lowest BCUT2D eigenvalue weighted by molar-refractivity contribution is 0.106. The Morgan fingerprint density at radius 1 is 1.08 bits per heavy atom. The maximum atomic E-state index is 12.3. The van der Waals surface area contributed by atoms with Crippen LogP contribution in [0.1, 0.15) is 15.9 Å². The van der Waals surface area contributed by atoms with Gasteiger partial charge in [0, 0.05) is 11.6 Å². The Kier molecular flexibility index (Phi) is 4.72. The highest BCUT2D eigenvalue weighted by molar-refractivity contribution is 7.07. The van der Waals surface area contributed by atoms with Gasteiger partial charge in [-0.15, -0.1) is 11.3 Å². The number of nitrogens with one attached hydrogen (secondary N) is 1. The Hall–Kier alpha value is -2.92. The smallest absolute Gasteiger partial charge is 0.266 e. The minimum atomic E-state index is -0.197. The van der Waals surface area contributed by atoms with E-state index in [1.165, 1.54) is 17.4 Å². The van der Waals surface area contributed by atoms with Crippen molar-refractivity contribution in [1.29, 1.82) is 0 Å². The molecule has 0 atom stereocenters. The summed E-state index contributed by atoms with van der Waals surface area (Å²) in [6, 6.07) is 16.4. The van der Waals surface area contributed by atoms with Crippen LogP contribution in [0.25, 0.3) is 12.2 Å². The molecule has 0 radical (unpaired) electrons. The summed E-state index contributed by atoms with van der Waals surface area (Å²) >= 11 is 1.26. The lowest BCUT2D eigenvalue weighted by Gasteiger charge is -1.99. The monoisotopic (exact) mass is 337 g/mol. The van der Waals surface area contributed by atoms with Crippen LogP contribution in [0.3, 0.4) is 0 Å². The first-order valence-electron chi connectivity index (χ1n) is 7.32. The fraction of sp³-hybridized carbons (Fsp3) is 0.0526. The molecule has 2 aromatic carbocycles. The standard InChI is InChI=1S/C19H15NO3S/c1-23-15-9-7-14(8-10-15)16(21)12-18-20-19(22)17(24-18)11-13-5-3-2-4-6-13/h2-12H,1H3,(H,20,22). The molecule has 3 rings (SSSR count). The van der Waals surface area contributed by atoms with Gasteiger partial charge in [-0.3, -0.25) is 9.59 Å². The van der Waals surface area contributed by atoms with E-state index >= 15 is 0 Å². The predicted octanol–water partition coefficient (Wildman–Crippen LogP) is 1.94. The van der Waals surface area contributed by atoms with Gasteiger partial charge in [0.05, 0.1) is 16.3 Å². The Labute approximate surface area is 142 Å². The molecular formula is C19H15NO3S. The number of H-pyrrole nitrogens is 1. The number of carbonyl (C=O) groups excluding carboxylic acids is 1. The minimum absolute atomic E-state index is 0.165. The highest BCUT2D eigenvalue weighted by Gasteiger charge is 2.03. The fourth-order valence-corrected chi connectivity index (χ4v) is 3.07. The van der Waals surface area contributed by atoms with Crippen LogP contribution in [0.2, 0.25) is 0 Å². The molecule has 24 heavy (non-hydrogen) atoms. The Morgan fingerprint density at radius 3 is 2.46 bits per heavy atom. The van der Waals surface area contributed by atoms with Gasteiger partial charge in [-0.05, 0) is 35.9 Å². The van der Waals surface area contributed by atoms with E-state index in [4.69, 9.17) is 4.74 Å². The molecule has 0 aliphatic rings. The molecule has 5 heteroatoms. The highest BCUT2D eigenvalue weighted by Crippen LogP contribution is 2.11. The number of aromatic amines is 1. The number of Topliss-reactive ketones (excluding diaryl/α,β-unsaturated/α-hetero) is 1. The van der Waals surface area contributed by atoms with Gasteiger partial charge in [0.25, 0.3) is 5.56 Å². The van der Waals surface area contributed by atoms with E-state index in [9.17, 15) is 9.59 Å². The molecule has 3 aromatic rings. The van der Waals surface area contributed by atoms with Crippen LogP contribution in [0.5, 0.6) is 5.75 Å². The normalized spacial score (nSPS) is 12.4. The van der Waals surface area contributed by atoms with Crippen LogP contribution >= 0.6 is 11.3 Å². The van der Waals surface area contributed by atoms with E-state index in [-0.39, 0.29) is 11.3 Å². The second-order valence-electron chi connectivity index (χ2n) is 5.08. The summed E-state index contributed by atoms with van der Waals surface area (Å²) in [4.78, 5) is 27.0. The van der Waals surface area contributed by atoms with Crippen molar-refractivity contribution in [2.24, 2.45) is 0 Å². The van der Waals surface area contributed by atoms with E-state index in [0.29, 0.717) is 20.5 Å². The van der Waals surface area contributed by atoms with Crippen LogP contribution in [0, 0.1) is 0 Å². The van der Waals surface area contributed by atoms with Crippen LogP contribution in [-0.2, 0) is 0 Å². The SMILES string of the molecule is COc1ccc(C(=O)C=c2[nH]c(=O)c(=Cc3ccccc3)s2)cc1. The van der Waals surface area contributed by atoms with Gasteiger partial charge in [0.15, 0.2) is 5.78 Å². The van der Waals surface area contributed by atoms with E-state index in [2.05, 4.69) is 4.98 Å². The predicted molar refractivity (Wildman–Crippen MR) is 96.0 cm³/mol. The van der Waals surface area contributed by atoms with Gasteiger partial charge in [0.2, 0.25) is 0 Å². The summed E-state index contributed by atoms with van der Waals surface area (Å²) < 4.78 is 6.17. The molecule has 0 unspecified atom stereocenters. The van der Waals surface area contributed by atoms with Crippen LogP contribution in [-0.4, -0.2) is 17.9 Å². The quantitative estimate of drug-likeness (QED) is 0.740. The molecule has 0 aliphatic carbocycles. The van der Waals surface area contributed by atoms with Gasteiger partial charge in [-0.2, -0.15) is 0 Å². The molecule has 0 saturated carbocycles. The number of carbonyl (C=O) groups is 1. The van der Waals surface area contributed by atoms with Crippen LogP contribution < -0.4 is 19.5 Å². The highest BCUT2D eigenvalue weighted by atomic mass is 32.1. The molecule has 0 spiro atoms. The van der Waals surface area contributed by atoms with Crippen LogP contribution in [0.15, 0.2) is 59.4 Å². The van der Waals surface area contributed by atoms with Gasteiger partial charge in [-0.1, -0.05) is 30.3 Å². The first-order valence-corrected chi connectivity index (χ1v) is 8.13. The lowest BCUT2D eigenvalue weighted by atomic mass is 10.1. The average molecular weight is 337 g/mol. The summed E-state index contributed by atoms with van der Waals surface area (Å²) in [5.74, 6) is 0.525. The minimum Gasteiger partial charge on any atom is -0.497 e. The molecule has 4 nitrogen and oxygen atoms in total. The summed E-state index contributed by atoms with van der Waals surface area (Å²) in [6.07, 6.45) is 3.24. The van der Waals surface area contributed by atoms with Crippen molar-refractivity contribution in [2.45, 2.75) is 0 Å². The third kappa shape index (κ3) is 3.70. The van der Waals surface area contributed by atoms with Crippen molar-refractivity contribution in [2.75, 3.05) is 7.11 Å². The molecule has 1 aromatic heterocycles. The third-order valence-corrected chi connectivity index (χ3v) is 4.38. The lowest BCUT2D eigenvalue weighted by Crippen LogP contribution is -2.19. The van der Waals surface area contributed by atoms with Crippen molar-refractivity contribution in [3.05, 3.63) is 85.3 Å². The van der Waals surface area contributed by atoms with Crippen LogP contribution in [0.4, 0.5) is 0 Å². The maximum Gasteiger partial charge on any atom is 0.266 e. The number of benzene rings is 2. The zero-order valence-corrected chi connectivity index (χ0v) is 13.8. The largest absolute Gasteiger partial charge is 0.497 e. The number of aromatic nitrogens is 1. The van der Waals surface area contributed by atoms with E-state index in [1.807, 2.05) is 30.3 Å². The van der Waals surface area contributed by atoms with E-state index < -0.39 is 0 Å². The van der Waals surface area contributed by atoms with E-state index in [1.54, 1.807) is 37.5 Å². The van der Waals surface area contributed by atoms with Crippen molar-refractivity contribution < 1.29 is 9.53 Å². The molecule has 1 heterocycles. The molecule has 0 amide bonds. The zero-order chi connectivity index (χ0) is 16.9. The van der Waals surface area contributed by atoms with Crippen molar-refractivity contribution >= 4 is 29.3 Å². The number of hydrogen-bond donors (Lipinski definition) is 1. The molecule has 0 saturated heterocycles. The van der Waals surface area contributed by atoms with Gasteiger partial charge >= 0.3 is 0 Å². The number of hydrogen-bond acceptors (Lipinski definition) is 4. The van der Waals surface area contributed by atoms with Crippen molar-refractivity contribution in [3.63, 3.8) is 0 Å². The first-order chi connectivity index (χ1) is 11.7. The topological polar surface area (TPSA) is 59.2 Å². The third-order valence-electron chi connectivity index (χ3n) is 3.41. The maximum absolute atomic E-state index is 12.3. The molecule has 0 aliphatic heterocycles. The van der Waals surface area contributed by atoms with Crippen molar-refractivity contribution in [1.82, 2.24) is 4.98 Å². The number of ether oxygens (including phenoxy) is 1. The average Bonchev–Trinajstić information content (AvgIpc) is 2.95. The summed E-state index contributed by atoms with van der Waals surface area (Å²) in [5, 5.41) is 0. The summed E-state index contributed by atoms with van der Waals surface area (Å²) in [6.45, 7) is 0. The molecule has 0 fully saturated rings. The molecule has 120 valence electrons. The Bertz CT molecular complexity index is 1010. The second kappa shape index (κ2) is 7.10. The second-order valence-corrected chi connectivity index (χ2v) is 6.16. The molecule has 1 N–H and O–H groups in total. The Morgan fingerprint density at radius 2 is 1.79 bits per heavy atom. The Balaban J connectivity index is 1.93. The first kappa shape index (κ1) is 16.0.